The molecule has 2 N–H and O–H groups in total. The minimum Gasteiger partial charge on any atom is -0.474 e. The number of rotatable bonds is 7. The van der Waals surface area contributed by atoms with Crippen molar-refractivity contribution in [1.29, 1.82) is 0 Å². The average molecular weight is 914 g/mol. The van der Waals surface area contributed by atoms with Crippen LogP contribution in [-0.2, 0) is 38.5 Å². The molecule has 3 saturated heterocycles. The molecule has 18 heteroatoms. The lowest BCUT2D eigenvalue weighted by Crippen LogP contribution is -2.54. The smallest absolute Gasteiger partial charge is 0.415 e. The molecule has 0 aliphatic carbocycles. The van der Waals surface area contributed by atoms with Gasteiger partial charge < -0.3 is 29.5 Å². The average Bonchev–Trinajstić information content (AvgIpc) is 3.98. The number of fused-ring (bicyclic) bond motifs is 3. The number of piperidine rings is 1. The van der Waals surface area contributed by atoms with E-state index in [0.29, 0.717) is 63.3 Å². The molecule has 1 spiro atoms. The van der Waals surface area contributed by atoms with Crippen LogP contribution < -0.4 is 30.1 Å². The molecule has 2 aromatic heterocycles. The Hall–Kier alpha value is -7.11. The van der Waals surface area contributed by atoms with Gasteiger partial charge in [-0.2, -0.15) is 0 Å². The molecule has 2 atom stereocenters. The van der Waals surface area contributed by atoms with E-state index in [1.54, 1.807) is 4.90 Å². The molecule has 348 valence electrons. The molecule has 6 aliphatic rings. The van der Waals surface area contributed by atoms with Gasteiger partial charge >= 0.3 is 6.09 Å². The van der Waals surface area contributed by atoms with Crippen molar-refractivity contribution in [2.45, 2.75) is 84.4 Å². The van der Waals surface area contributed by atoms with E-state index in [-0.39, 0.29) is 47.4 Å². The van der Waals surface area contributed by atoms with Crippen molar-refractivity contribution >= 4 is 64.2 Å². The predicted octanol–water partition coefficient (Wildman–Crippen LogP) is 5.44. The van der Waals surface area contributed by atoms with E-state index in [4.69, 9.17) is 14.5 Å². The Balaban J connectivity index is 0.747. The molecule has 10 rings (SSSR count). The molecule has 4 aromatic rings. The summed E-state index contributed by atoms with van der Waals surface area (Å²) in [5.41, 5.74) is 5.67. The minimum absolute atomic E-state index is 0.00649. The molecule has 17 nitrogen and oxygen atoms in total. The number of pyridine rings is 2. The second-order valence-corrected chi connectivity index (χ2v) is 19.4. The number of hydrogen-bond acceptors (Lipinski definition) is 13. The van der Waals surface area contributed by atoms with Gasteiger partial charge in [0.2, 0.25) is 23.6 Å². The lowest BCUT2D eigenvalue weighted by molar-refractivity contribution is -0.136. The van der Waals surface area contributed by atoms with E-state index in [1.165, 1.54) is 6.07 Å². The third-order valence-corrected chi connectivity index (χ3v) is 13.8. The molecule has 3 fully saturated rings. The maximum atomic E-state index is 15.7. The Morgan fingerprint density at radius 1 is 0.896 bits per heavy atom. The van der Waals surface area contributed by atoms with Crippen LogP contribution in [0.5, 0.6) is 5.88 Å². The highest BCUT2D eigenvalue weighted by molar-refractivity contribution is 6.23. The Labute approximate surface area is 386 Å². The number of amides is 6. The Morgan fingerprint density at radius 2 is 1.66 bits per heavy atom. The van der Waals surface area contributed by atoms with Crippen LogP contribution in [0, 0.1) is 18.2 Å². The van der Waals surface area contributed by atoms with Crippen molar-refractivity contribution in [2.24, 2.45) is 5.41 Å². The van der Waals surface area contributed by atoms with Gasteiger partial charge in [-0.3, -0.25) is 39.1 Å². The number of imide groups is 2. The fraction of sp³-hybridized carbons (Fsp3) is 0.429. The van der Waals surface area contributed by atoms with Gasteiger partial charge in [0.25, 0.3) is 11.8 Å². The number of nitrogens with zero attached hydrogens (tertiary/aromatic N) is 7. The van der Waals surface area contributed by atoms with Gasteiger partial charge in [-0.1, -0.05) is 12.1 Å². The van der Waals surface area contributed by atoms with Gasteiger partial charge in [0, 0.05) is 68.6 Å². The summed E-state index contributed by atoms with van der Waals surface area (Å²) in [5.74, 6) is -2.15. The van der Waals surface area contributed by atoms with Gasteiger partial charge in [0.05, 0.1) is 41.7 Å². The van der Waals surface area contributed by atoms with E-state index >= 15 is 4.39 Å². The quantitative estimate of drug-likeness (QED) is 0.224. The molecular formula is C49H52FN9O8. The van der Waals surface area contributed by atoms with E-state index in [9.17, 15) is 28.8 Å². The third-order valence-electron chi connectivity index (χ3n) is 13.8. The van der Waals surface area contributed by atoms with E-state index in [2.05, 4.69) is 26.6 Å². The van der Waals surface area contributed by atoms with Crippen LogP contribution in [-0.4, -0.2) is 113 Å². The molecule has 8 heterocycles. The number of anilines is 5. The summed E-state index contributed by atoms with van der Waals surface area (Å²) in [4.78, 5) is 95.5. The topological polar surface area (TPSA) is 187 Å². The second-order valence-electron chi connectivity index (χ2n) is 19.4. The van der Waals surface area contributed by atoms with Crippen LogP contribution in [0.2, 0.25) is 0 Å². The monoisotopic (exact) mass is 913 g/mol. The zero-order valence-corrected chi connectivity index (χ0v) is 37.9. The van der Waals surface area contributed by atoms with Crippen LogP contribution in [0.4, 0.5) is 37.8 Å². The third kappa shape index (κ3) is 8.26. The summed E-state index contributed by atoms with van der Waals surface area (Å²) >= 11 is 0. The van der Waals surface area contributed by atoms with E-state index < -0.39 is 47.2 Å². The van der Waals surface area contributed by atoms with E-state index in [1.807, 2.05) is 74.2 Å². The fourth-order valence-electron chi connectivity index (χ4n) is 10.3. The first-order valence-electron chi connectivity index (χ1n) is 22.8. The van der Waals surface area contributed by atoms with Gasteiger partial charge in [0.1, 0.15) is 35.6 Å². The largest absolute Gasteiger partial charge is 0.474 e. The van der Waals surface area contributed by atoms with Crippen LogP contribution in [0.15, 0.2) is 54.9 Å². The molecule has 67 heavy (non-hydrogen) atoms. The Bertz CT molecular complexity index is 2760. The highest BCUT2D eigenvalue weighted by Crippen LogP contribution is 2.44. The summed E-state index contributed by atoms with van der Waals surface area (Å²) in [6, 6.07) is 11.1. The number of likely N-dealkylation sites (tertiary alicyclic amines) is 1. The summed E-state index contributed by atoms with van der Waals surface area (Å²) in [7, 11) is 0. The number of ether oxygens (including phenoxy) is 2. The summed E-state index contributed by atoms with van der Waals surface area (Å²) in [5, 5.41) is 5.60. The number of nitrogens with one attached hydrogen (secondary N) is 2. The standard InChI is InChI=1S/C49H52FN9O8/c1-28-38(24-52-44-42(28)58(17-18-66-44)47(65)67-48(2,3)4)55-14-11-30-23-51-39(20-31(30)25-55)53-32-7-5-29(6-8-32)19-41(61)57-16-13-49(27-57)12-15-56(26-49)37-22-34-33(21-35(37)50)45(63)59(46(34)64)36-9-10-40(60)54-43(36)62/h5-8,20-24,36H,9-19,25-27H2,1-4H3,(H,51,53)(H,54,60,62). The van der Waals surface area contributed by atoms with Crippen molar-refractivity contribution in [2.75, 3.05) is 65.9 Å². The lowest BCUT2D eigenvalue weighted by Gasteiger charge is -2.35. The first kappa shape index (κ1) is 43.8. The Kier molecular flexibility index (Phi) is 10.9. The molecule has 2 unspecified atom stereocenters. The second kappa shape index (κ2) is 16.6. The van der Waals surface area contributed by atoms with Gasteiger partial charge in [-0.25, -0.2) is 19.2 Å². The predicted molar refractivity (Wildman–Crippen MR) is 244 cm³/mol. The number of halogens is 1. The van der Waals surface area contributed by atoms with Crippen LogP contribution >= 0.6 is 0 Å². The first-order valence-corrected chi connectivity index (χ1v) is 22.8. The maximum Gasteiger partial charge on any atom is 0.415 e. The van der Waals surface area contributed by atoms with Crippen molar-refractivity contribution in [3.8, 4) is 5.88 Å². The van der Waals surface area contributed by atoms with Gasteiger partial charge in [-0.15, -0.1) is 0 Å². The SMILES string of the molecule is Cc1c(N2CCc3cnc(Nc4ccc(CC(=O)N5CCC6(CCN(c7cc8c(cc7F)C(=O)N(C7CCC(=O)NC7=O)C8=O)C6)C5)cc4)cc3C2)cnc2c1N(C(=O)OC(C)(C)C)CCO2. The summed E-state index contributed by atoms with van der Waals surface area (Å²) < 4.78 is 27.3. The zero-order valence-electron chi connectivity index (χ0n) is 37.9. The number of carbonyl (C=O) groups excluding carboxylic acids is 6. The van der Waals surface area contributed by atoms with Crippen molar-refractivity contribution in [3.05, 3.63) is 94.1 Å². The molecule has 6 aliphatic heterocycles. The fourth-order valence-corrected chi connectivity index (χ4v) is 10.3. The minimum atomic E-state index is -1.13. The van der Waals surface area contributed by atoms with E-state index in [0.717, 1.165) is 70.4 Å². The zero-order chi connectivity index (χ0) is 46.9. The first-order chi connectivity index (χ1) is 32.0. The summed E-state index contributed by atoms with van der Waals surface area (Å²) in [6.45, 7) is 11.7. The van der Waals surface area contributed by atoms with Crippen molar-refractivity contribution < 1.29 is 42.6 Å². The van der Waals surface area contributed by atoms with Crippen molar-refractivity contribution in [1.82, 2.24) is 25.1 Å². The highest BCUT2D eigenvalue weighted by Gasteiger charge is 2.48. The number of benzene rings is 2. The maximum absolute atomic E-state index is 15.7. The normalized spacial score (nSPS) is 21.3. The molecular weight excluding hydrogens is 862 g/mol. The van der Waals surface area contributed by atoms with Gasteiger partial charge in [0.15, 0.2) is 0 Å². The summed E-state index contributed by atoms with van der Waals surface area (Å²) in [6.07, 6.45) is 5.80. The lowest BCUT2D eigenvalue weighted by atomic mass is 9.86. The number of carbonyl (C=O) groups is 6. The number of hydrogen-bond donors (Lipinski definition) is 2. The molecule has 2 aromatic carbocycles. The molecule has 0 bridgehead atoms. The molecule has 0 radical (unpaired) electrons. The molecule has 6 amide bonds. The number of aromatic nitrogens is 2. The van der Waals surface area contributed by atoms with Crippen LogP contribution in [0.1, 0.15) is 89.4 Å². The highest BCUT2D eigenvalue weighted by atomic mass is 19.1. The molecule has 0 saturated carbocycles. The Morgan fingerprint density at radius 3 is 2.42 bits per heavy atom. The van der Waals surface area contributed by atoms with Crippen LogP contribution in [0.3, 0.4) is 0 Å². The van der Waals surface area contributed by atoms with Crippen LogP contribution in [0.25, 0.3) is 0 Å². The van der Waals surface area contributed by atoms with Gasteiger partial charge in [-0.05, 0) is 100 Å². The van der Waals surface area contributed by atoms with Crippen molar-refractivity contribution in [3.63, 3.8) is 0 Å².